The third kappa shape index (κ3) is 6.93. The number of imidazole rings is 1. The van der Waals surface area contributed by atoms with Crippen LogP contribution in [0.1, 0.15) is 66.8 Å². The molecule has 1 aromatic heterocycles. The maximum atomic E-state index is 7.36. The van der Waals surface area contributed by atoms with Crippen molar-refractivity contribution >= 4 is 16.4 Å². The molecule has 0 aliphatic heterocycles. The molecule has 0 amide bonds. The summed E-state index contributed by atoms with van der Waals surface area (Å²) in [5.74, 6) is 3.16. The Balaban J connectivity index is 2.85. The summed E-state index contributed by atoms with van der Waals surface area (Å²) in [7, 11) is -3.55. The van der Waals surface area contributed by atoms with Crippen LogP contribution in [-0.4, -0.2) is 45.9 Å². The Hall–Kier alpha value is -1.94. The first-order chi connectivity index (χ1) is 17.2. The summed E-state index contributed by atoms with van der Waals surface area (Å²) >= 11 is 0. The molecule has 0 aliphatic carbocycles. The van der Waals surface area contributed by atoms with Crippen LogP contribution in [-0.2, 0) is 0 Å². The maximum absolute atomic E-state index is 7.36. The third-order valence-corrected chi connectivity index (χ3v) is 14.9. The van der Waals surface area contributed by atoms with Crippen LogP contribution in [0, 0.1) is 13.8 Å². The van der Waals surface area contributed by atoms with Gasteiger partial charge >= 0.3 is 0 Å². The lowest BCUT2D eigenvalue weighted by Crippen LogP contribution is -2.50. The van der Waals surface area contributed by atoms with E-state index in [0.29, 0.717) is 36.4 Å². The van der Waals surface area contributed by atoms with E-state index in [1.165, 1.54) is 0 Å². The van der Waals surface area contributed by atoms with Gasteiger partial charge in [-0.25, -0.2) is 4.98 Å². The summed E-state index contributed by atoms with van der Waals surface area (Å²) in [5.41, 5.74) is 3.99. The van der Waals surface area contributed by atoms with Crippen molar-refractivity contribution in [2.45, 2.75) is 112 Å². The molecule has 2 aromatic rings. The molecule has 0 saturated carbocycles. The fourth-order valence-corrected chi connectivity index (χ4v) is 11.3. The third-order valence-electron chi connectivity index (χ3n) is 7.25. The molecule has 0 aliphatic rings. The van der Waals surface area contributed by atoms with Gasteiger partial charge in [-0.2, -0.15) is 4.73 Å². The molecule has 2 rings (SSSR count). The number of hydrogen-bond acceptors (Lipinski definition) is 5. The average Bonchev–Trinajstić information content (AvgIpc) is 3.14. The van der Waals surface area contributed by atoms with E-state index in [4.69, 9.17) is 18.7 Å². The predicted molar refractivity (Wildman–Crippen MR) is 161 cm³/mol. The van der Waals surface area contributed by atoms with Gasteiger partial charge in [-0.1, -0.05) is 61.2 Å². The van der Waals surface area contributed by atoms with Crippen LogP contribution in [0.25, 0.3) is 11.3 Å². The molecule has 0 bridgehead atoms. The van der Waals surface area contributed by atoms with Gasteiger partial charge < -0.3 is 18.7 Å². The van der Waals surface area contributed by atoms with Gasteiger partial charge in [0.25, 0.3) is 8.32 Å². The van der Waals surface area contributed by atoms with Gasteiger partial charge in [-0.15, -0.1) is 0 Å². The predicted octanol–water partition coefficient (Wildman–Crippen LogP) is 8.29. The number of nitrogens with zero attached hydrogens (tertiary/aromatic N) is 2. The molecule has 0 N–H and O–H groups in total. The fourth-order valence-electron chi connectivity index (χ4n) is 5.37. The Labute approximate surface area is 228 Å². The first-order valence-corrected chi connectivity index (χ1v) is 19.9. The largest absolute Gasteiger partial charge is 0.540 e. The number of ether oxygens (including phenoxy) is 2. The van der Waals surface area contributed by atoms with Crippen LogP contribution in [0.4, 0.5) is 0 Å². The van der Waals surface area contributed by atoms with Crippen molar-refractivity contribution in [2.24, 2.45) is 0 Å². The first-order valence-electron chi connectivity index (χ1n) is 14.0. The standard InChI is InChI=1S/C29H52N2O4Si2/c1-14-32-27-18-25(26-19-30-24(10)31(26)34-16-17-36(11,12)13)29(28(23(27)9)33-15-2)35-37(20(3)4,21(5)6)22(7)8/h18-22H,14-17H2,1-13H3. The highest BCUT2D eigenvalue weighted by atomic mass is 28.4. The van der Waals surface area contributed by atoms with Crippen molar-refractivity contribution in [3.8, 4) is 28.5 Å². The van der Waals surface area contributed by atoms with Gasteiger partial charge in [0, 0.05) is 13.6 Å². The lowest BCUT2D eigenvalue weighted by atomic mass is 10.1. The Morgan fingerprint density at radius 1 is 0.865 bits per heavy atom. The minimum absolute atomic E-state index is 0.418. The summed E-state index contributed by atoms with van der Waals surface area (Å²) in [6.07, 6.45) is 1.89. The number of hydrogen-bond donors (Lipinski definition) is 0. The lowest BCUT2D eigenvalue weighted by Gasteiger charge is -2.43. The highest BCUT2D eigenvalue weighted by molar-refractivity contribution is 6.78. The number of rotatable bonds is 14. The number of aromatic nitrogens is 2. The second-order valence-electron chi connectivity index (χ2n) is 12.1. The van der Waals surface area contributed by atoms with Gasteiger partial charge in [0.2, 0.25) is 0 Å². The average molecular weight is 549 g/mol. The van der Waals surface area contributed by atoms with Crippen LogP contribution in [0.15, 0.2) is 12.3 Å². The Morgan fingerprint density at radius 2 is 1.43 bits per heavy atom. The topological polar surface area (TPSA) is 54.7 Å². The van der Waals surface area contributed by atoms with Gasteiger partial charge in [0.1, 0.15) is 23.9 Å². The van der Waals surface area contributed by atoms with Crippen LogP contribution in [0.5, 0.6) is 17.2 Å². The second-order valence-corrected chi connectivity index (χ2v) is 23.1. The van der Waals surface area contributed by atoms with Crippen LogP contribution < -0.4 is 18.7 Å². The normalized spacial score (nSPS) is 12.5. The molecule has 210 valence electrons. The molecule has 0 radical (unpaired) electrons. The maximum Gasteiger partial charge on any atom is 0.258 e. The number of aryl methyl sites for hydroxylation is 1. The highest BCUT2D eigenvalue weighted by Gasteiger charge is 2.48. The summed E-state index contributed by atoms with van der Waals surface area (Å²) in [5, 5.41) is 0. The molecule has 0 atom stereocenters. The first kappa shape index (κ1) is 31.3. The van der Waals surface area contributed by atoms with Gasteiger partial charge in [-0.3, -0.25) is 0 Å². The quantitative estimate of drug-likeness (QED) is 0.222. The lowest BCUT2D eigenvalue weighted by molar-refractivity contribution is 0.119. The molecule has 1 aromatic carbocycles. The monoisotopic (exact) mass is 548 g/mol. The summed E-state index contributed by atoms with van der Waals surface area (Å²) < 4.78 is 21.7. The molecule has 0 spiro atoms. The van der Waals surface area contributed by atoms with Crippen molar-refractivity contribution in [2.75, 3.05) is 19.8 Å². The minimum atomic E-state index is -2.30. The van der Waals surface area contributed by atoms with Gasteiger partial charge in [0.15, 0.2) is 11.5 Å². The summed E-state index contributed by atoms with van der Waals surface area (Å²) in [4.78, 5) is 11.0. The molecule has 0 fully saturated rings. The SMILES string of the molecule is CCOc1cc(-c2cnc(C)n2OCC[Si](C)(C)C)c(O[Si](C(C)C)(C(C)C)C(C)C)c(OCC)c1C. The van der Waals surface area contributed by atoms with E-state index in [1.807, 2.05) is 31.7 Å². The van der Waals surface area contributed by atoms with E-state index in [1.54, 1.807) is 0 Å². The Morgan fingerprint density at radius 3 is 1.92 bits per heavy atom. The molecular weight excluding hydrogens is 497 g/mol. The zero-order chi connectivity index (χ0) is 28.1. The van der Waals surface area contributed by atoms with Crippen molar-refractivity contribution in [3.05, 3.63) is 23.7 Å². The molecule has 1 heterocycles. The second kappa shape index (κ2) is 12.7. The van der Waals surface area contributed by atoms with E-state index in [2.05, 4.69) is 79.2 Å². The smallest absolute Gasteiger partial charge is 0.258 e. The zero-order valence-electron chi connectivity index (χ0n) is 25.7. The summed E-state index contributed by atoms with van der Waals surface area (Å²) in [6, 6.07) is 3.16. The van der Waals surface area contributed by atoms with E-state index in [0.717, 1.165) is 45.9 Å². The molecular formula is C29H52N2O4Si2. The minimum Gasteiger partial charge on any atom is -0.540 e. The van der Waals surface area contributed by atoms with E-state index in [9.17, 15) is 0 Å². The van der Waals surface area contributed by atoms with Gasteiger partial charge in [-0.05, 0) is 56.4 Å². The molecule has 6 nitrogen and oxygen atoms in total. The van der Waals surface area contributed by atoms with Crippen LogP contribution >= 0.6 is 0 Å². The molecule has 0 unspecified atom stereocenters. The van der Waals surface area contributed by atoms with E-state index < -0.39 is 16.4 Å². The van der Waals surface area contributed by atoms with Crippen molar-refractivity contribution in [1.82, 2.24) is 9.71 Å². The Bertz CT molecular complexity index is 1000. The molecule has 8 heteroatoms. The van der Waals surface area contributed by atoms with Crippen LogP contribution in [0.3, 0.4) is 0 Å². The van der Waals surface area contributed by atoms with Crippen molar-refractivity contribution < 1.29 is 18.7 Å². The summed E-state index contributed by atoms with van der Waals surface area (Å²) in [6.45, 7) is 30.8. The highest BCUT2D eigenvalue weighted by Crippen LogP contribution is 2.51. The van der Waals surface area contributed by atoms with Crippen LogP contribution in [0.2, 0.25) is 42.3 Å². The van der Waals surface area contributed by atoms with Crippen molar-refractivity contribution in [1.29, 1.82) is 0 Å². The fraction of sp³-hybridized carbons (Fsp3) is 0.690. The van der Waals surface area contributed by atoms with E-state index >= 15 is 0 Å². The molecule has 37 heavy (non-hydrogen) atoms. The Kier molecular flexibility index (Phi) is 10.8. The van der Waals surface area contributed by atoms with Gasteiger partial charge in [0.05, 0.1) is 25.0 Å². The van der Waals surface area contributed by atoms with E-state index in [-0.39, 0.29) is 0 Å². The number of benzene rings is 1. The zero-order valence-corrected chi connectivity index (χ0v) is 27.7. The molecule has 0 saturated heterocycles. The van der Waals surface area contributed by atoms with Crippen molar-refractivity contribution in [3.63, 3.8) is 0 Å².